The van der Waals surface area contributed by atoms with Gasteiger partial charge in [0.2, 0.25) is 5.91 Å². The third-order valence-electron chi connectivity index (χ3n) is 5.79. The molecule has 0 saturated carbocycles. The molecule has 0 radical (unpaired) electrons. The number of aromatic nitrogens is 4. The summed E-state index contributed by atoms with van der Waals surface area (Å²) in [6.45, 7) is 1.79. The van der Waals surface area contributed by atoms with Crippen LogP contribution in [0.5, 0.6) is 0 Å². The topological polar surface area (TPSA) is 75.9 Å². The van der Waals surface area contributed by atoms with Gasteiger partial charge in [-0.1, -0.05) is 6.42 Å². The van der Waals surface area contributed by atoms with Gasteiger partial charge in [0.25, 0.3) is 0 Å². The van der Waals surface area contributed by atoms with Crippen LogP contribution in [0.1, 0.15) is 49.3 Å². The zero-order valence-corrected chi connectivity index (χ0v) is 16.7. The van der Waals surface area contributed by atoms with Gasteiger partial charge in [0.05, 0.1) is 18.0 Å². The van der Waals surface area contributed by atoms with E-state index in [2.05, 4.69) is 25.1 Å². The number of fused-ring (bicyclic) bond motifs is 1. The molecule has 1 atom stereocenters. The lowest BCUT2D eigenvalue weighted by Gasteiger charge is -2.34. The molecule has 2 aliphatic rings. The Morgan fingerprint density at radius 3 is 2.87 bits per heavy atom. The van der Waals surface area contributed by atoms with E-state index >= 15 is 0 Å². The number of alkyl halides is 3. The van der Waals surface area contributed by atoms with Crippen molar-refractivity contribution in [1.29, 1.82) is 0 Å². The van der Waals surface area contributed by atoms with Gasteiger partial charge in [-0.2, -0.15) is 13.2 Å². The molecule has 1 fully saturated rings. The van der Waals surface area contributed by atoms with Gasteiger partial charge in [-0.3, -0.25) is 4.79 Å². The van der Waals surface area contributed by atoms with Crippen molar-refractivity contribution in [2.24, 2.45) is 5.92 Å². The van der Waals surface area contributed by atoms with Crippen LogP contribution < -0.4 is 10.2 Å². The second-order valence-electron chi connectivity index (χ2n) is 7.87. The summed E-state index contributed by atoms with van der Waals surface area (Å²) >= 11 is 0. The molecule has 2 aromatic heterocycles. The number of aryl methyl sites for hydroxylation is 1. The minimum absolute atomic E-state index is 0.106. The normalized spacial score (nSPS) is 19.8. The predicted octanol–water partition coefficient (Wildman–Crippen LogP) is 2.95. The maximum Gasteiger partial charge on any atom is 0.419 e. The van der Waals surface area contributed by atoms with Gasteiger partial charge in [0.15, 0.2) is 5.82 Å². The van der Waals surface area contributed by atoms with Gasteiger partial charge >= 0.3 is 6.18 Å². The SMILES string of the molecule is O=C(NCc1nnc2n1CCCCC2)C1CCCN(c2ncccc2C(F)(F)F)C1. The van der Waals surface area contributed by atoms with Gasteiger partial charge in [0.1, 0.15) is 11.6 Å². The number of rotatable bonds is 4. The lowest BCUT2D eigenvalue weighted by molar-refractivity contribution is -0.137. The van der Waals surface area contributed by atoms with E-state index in [9.17, 15) is 18.0 Å². The Labute approximate surface area is 172 Å². The minimum Gasteiger partial charge on any atom is -0.355 e. The molecule has 1 saturated heterocycles. The Balaban J connectivity index is 1.41. The summed E-state index contributed by atoms with van der Waals surface area (Å²) in [5.74, 6) is 1.02. The third-order valence-corrected chi connectivity index (χ3v) is 5.79. The first-order chi connectivity index (χ1) is 14.4. The van der Waals surface area contributed by atoms with E-state index in [1.54, 1.807) is 4.90 Å². The van der Waals surface area contributed by atoms with Crippen molar-refractivity contribution in [2.75, 3.05) is 18.0 Å². The number of hydrogen-bond donors (Lipinski definition) is 1. The molecule has 0 aliphatic carbocycles. The van der Waals surface area contributed by atoms with Crippen LogP contribution in [-0.2, 0) is 30.5 Å². The van der Waals surface area contributed by atoms with E-state index in [0.29, 0.717) is 19.4 Å². The van der Waals surface area contributed by atoms with Gasteiger partial charge in [-0.15, -0.1) is 10.2 Å². The van der Waals surface area contributed by atoms with Crippen molar-refractivity contribution in [3.05, 3.63) is 35.5 Å². The standard InChI is InChI=1S/C20H25F3N6O/c21-20(22,23)15-7-4-9-24-18(15)28-10-5-6-14(13-28)19(30)25-12-17-27-26-16-8-2-1-3-11-29(16)17/h4,7,9,14H,1-3,5-6,8,10-13H2,(H,25,30). The summed E-state index contributed by atoms with van der Waals surface area (Å²) in [7, 11) is 0. The smallest absolute Gasteiger partial charge is 0.355 e. The molecule has 1 N–H and O–H groups in total. The number of amides is 1. The van der Waals surface area contributed by atoms with Gasteiger partial charge < -0.3 is 14.8 Å². The number of carbonyl (C=O) groups excluding carboxylic acids is 1. The molecule has 30 heavy (non-hydrogen) atoms. The fraction of sp³-hybridized carbons (Fsp3) is 0.600. The first kappa shape index (κ1) is 20.6. The molecular formula is C20H25F3N6O. The fourth-order valence-electron chi connectivity index (χ4n) is 4.24. The van der Waals surface area contributed by atoms with Crippen LogP contribution in [0.25, 0.3) is 0 Å². The first-order valence-corrected chi connectivity index (χ1v) is 10.4. The first-order valence-electron chi connectivity index (χ1n) is 10.4. The molecule has 2 aliphatic heterocycles. The van der Waals surface area contributed by atoms with Gasteiger partial charge in [-0.05, 0) is 37.8 Å². The lowest BCUT2D eigenvalue weighted by Crippen LogP contribution is -2.44. The zero-order chi connectivity index (χ0) is 21.1. The second kappa shape index (κ2) is 8.61. The van der Waals surface area contributed by atoms with Crippen LogP contribution >= 0.6 is 0 Å². The largest absolute Gasteiger partial charge is 0.419 e. The molecule has 0 bridgehead atoms. The maximum absolute atomic E-state index is 13.3. The molecule has 10 heteroatoms. The Bertz CT molecular complexity index is 897. The van der Waals surface area contributed by atoms with Gasteiger partial charge in [0, 0.05) is 32.3 Å². The lowest BCUT2D eigenvalue weighted by atomic mass is 9.96. The minimum atomic E-state index is -4.48. The highest BCUT2D eigenvalue weighted by atomic mass is 19.4. The maximum atomic E-state index is 13.3. The summed E-state index contributed by atoms with van der Waals surface area (Å²) < 4.78 is 42.1. The summed E-state index contributed by atoms with van der Waals surface area (Å²) in [5, 5.41) is 11.4. The molecule has 162 valence electrons. The van der Waals surface area contributed by atoms with Crippen molar-refractivity contribution in [3.8, 4) is 0 Å². The molecule has 1 unspecified atom stereocenters. The Morgan fingerprint density at radius 2 is 2.03 bits per heavy atom. The van der Waals surface area contributed by atoms with Crippen LogP contribution in [0, 0.1) is 5.92 Å². The average molecular weight is 422 g/mol. The number of nitrogens with zero attached hydrogens (tertiary/aromatic N) is 5. The third kappa shape index (κ3) is 4.41. The summed E-state index contributed by atoms with van der Waals surface area (Å²) in [6, 6.07) is 2.31. The van der Waals surface area contributed by atoms with Crippen molar-refractivity contribution in [3.63, 3.8) is 0 Å². The van der Waals surface area contributed by atoms with Crippen LogP contribution in [0.15, 0.2) is 18.3 Å². The quantitative estimate of drug-likeness (QED) is 0.820. The Hall–Kier alpha value is -2.65. The predicted molar refractivity (Wildman–Crippen MR) is 104 cm³/mol. The second-order valence-corrected chi connectivity index (χ2v) is 7.87. The summed E-state index contributed by atoms with van der Waals surface area (Å²) in [4.78, 5) is 18.3. The Morgan fingerprint density at radius 1 is 1.17 bits per heavy atom. The molecule has 0 spiro atoms. The number of nitrogens with one attached hydrogen (secondary N) is 1. The van der Waals surface area contributed by atoms with Crippen LogP contribution in [0.4, 0.5) is 19.0 Å². The van der Waals surface area contributed by atoms with E-state index in [-0.39, 0.29) is 24.8 Å². The number of carbonyl (C=O) groups is 1. The number of pyridine rings is 1. The van der Waals surface area contributed by atoms with Crippen LogP contribution in [-0.4, -0.2) is 38.7 Å². The van der Waals surface area contributed by atoms with Crippen molar-refractivity contribution >= 4 is 11.7 Å². The molecular weight excluding hydrogens is 397 g/mol. The Kier molecular flexibility index (Phi) is 5.92. The molecule has 7 nitrogen and oxygen atoms in total. The highest BCUT2D eigenvalue weighted by Crippen LogP contribution is 2.36. The molecule has 2 aromatic rings. The highest BCUT2D eigenvalue weighted by Gasteiger charge is 2.37. The van der Waals surface area contributed by atoms with Crippen molar-refractivity contribution in [2.45, 2.75) is 57.8 Å². The number of halogens is 3. The van der Waals surface area contributed by atoms with E-state index in [1.807, 2.05) is 0 Å². The van der Waals surface area contributed by atoms with Gasteiger partial charge in [-0.25, -0.2) is 4.98 Å². The monoisotopic (exact) mass is 422 g/mol. The molecule has 1 amide bonds. The van der Waals surface area contributed by atoms with Crippen LogP contribution in [0.3, 0.4) is 0 Å². The zero-order valence-electron chi connectivity index (χ0n) is 16.7. The molecule has 0 aromatic carbocycles. The molecule has 4 heterocycles. The van der Waals surface area contributed by atoms with E-state index in [4.69, 9.17) is 0 Å². The highest BCUT2D eigenvalue weighted by molar-refractivity contribution is 5.79. The van der Waals surface area contributed by atoms with E-state index in [1.165, 1.54) is 12.3 Å². The number of piperidine rings is 1. The van der Waals surface area contributed by atoms with Crippen LogP contribution in [0.2, 0.25) is 0 Å². The van der Waals surface area contributed by atoms with Crippen molar-refractivity contribution in [1.82, 2.24) is 25.1 Å². The summed E-state index contributed by atoms with van der Waals surface area (Å²) in [5.41, 5.74) is -0.766. The average Bonchev–Trinajstić information content (AvgIpc) is 2.97. The van der Waals surface area contributed by atoms with E-state index in [0.717, 1.165) is 49.9 Å². The number of hydrogen-bond acceptors (Lipinski definition) is 5. The van der Waals surface area contributed by atoms with Crippen molar-refractivity contribution < 1.29 is 18.0 Å². The van der Waals surface area contributed by atoms with E-state index < -0.39 is 17.7 Å². The summed E-state index contributed by atoms with van der Waals surface area (Å²) in [6.07, 6.45) is 2.34. The fourth-order valence-corrected chi connectivity index (χ4v) is 4.24. The number of anilines is 1. The molecule has 4 rings (SSSR count).